The van der Waals surface area contributed by atoms with Crippen LogP contribution < -0.4 is 10.5 Å². The van der Waals surface area contributed by atoms with Gasteiger partial charge in [0.05, 0.1) is 19.8 Å². The molecule has 0 heterocycles. The molecule has 4 heteroatoms. The van der Waals surface area contributed by atoms with E-state index in [-0.39, 0.29) is 6.04 Å². The molecule has 0 bridgehead atoms. The van der Waals surface area contributed by atoms with Gasteiger partial charge >= 0.3 is 0 Å². The molecule has 0 spiro atoms. The number of benzene rings is 1. The van der Waals surface area contributed by atoms with Gasteiger partial charge in [-0.3, -0.25) is 0 Å². The lowest BCUT2D eigenvalue weighted by atomic mass is 10.1. The van der Waals surface area contributed by atoms with Crippen molar-refractivity contribution in [1.29, 1.82) is 0 Å². The van der Waals surface area contributed by atoms with E-state index in [1.165, 1.54) is 0 Å². The number of hydrogen-bond acceptors (Lipinski definition) is 3. The molecule has 0 saturated carbocycles. The minimum Gasteiger partial charge on any atom is -0.496 e. The largest absolute Gasteiger partial charge is 0.496 e. The van der Waals surface area contributed by atoms with Crippen molar-refractivity contribution >= 4 is 11.6 Å². The fourth-order valence-corrected chi connectivity index (χ4v) is 1.51. The SMILES string of the molecule is CCOCC(N)c1cc(Cl)ccc1OC. The number of methoxy groups -OCH3 is 1. The number of hydrogen-bond donors (Lipinski definition) is 1. The third-order valence-electron chi connectivity index (χ3n) is 2.09. The number of ether oxygens (including phenoxy) is 2. The monoisotopic (exact) mass is 229 g/mol. The van der Waals surface area contributed by atoms with Gasteiger partial charge < -0.3 is 15.2 Å². The van der Waals surface area contributed by atoms with Crippen LogP contribution in [-0.4, -0.2) is 20.3 Å². The summed E-state index contributed by atoms with van der Waals surface area (Å²) in [4.78, 5) is 0. The highest BCUT2D eigenvalue weighted by molar-refractivity contribution is 6.30. The van der Waals surface area contributed by atoms with Gasteiger partial charge in [0.2, 0.25) is 0 Å². The molecule has 0 fully saturated rings. The van der Waals surface area contributed by atoms with Crippen molar-refractivity contribution in [3.05, 3.63) is 28.8 Å². The van der Waals surface area contributed by atoms with Crippen molar-refractivity contribution in [2.24, 2.45) is 5.73 Å². The van der Waals surface area contributed by atoms with Crippen LogP contribution in [0.1, 0.15) is 18.5 Å². The highest BCUT2D eigenvalue weighted by Gasteiger charge is 2.12. The minimum absolute atomic E-state index is 0.210. The van der Waals surface area contributed by atoms with Gasteiger partial charge in [-0.2, -0.15) is 0 Å². The van der Waals surface area contributed by atoms with Crippen molar-refractivity contribution in [3.63, 3.8) is 0 Å². The van der Waals surface area contributed by atoms with Gasteiger partial charge in [0.1, 0.15) is 5.75 Å². The second kappa shape index (κ2) is 5.95. The molecule has 0 radical (unpaired) electrons. The topological polar surface area (TPSA) is 44.5 Å². The zero-order valence-electron chi connectivity index (χ0n) is 9.00. The summed E-state index contributed by atoms with van der Waals surface area (Å²) in [6.45, 7) is 3.05. The molecular formula is C11H16ClNO2. The minimum atomic E-state index is -0.210. The molecule has 0 amide bonds. The van der Waals surface area contributed by atoms with Crippen molar-refractivity contribution in [3.8, 4) is 5.75 Å². The molecular weight excluding hydrogens is 214 g/mol. The molecule has 0 aliphatic rings. The maximum absolute atomic E-state index is 5.96. The second-order valence-electron chi connectivity index (χ2n) is 3.15. The van der Waals surface area contributed by atoms with Gasteiger partial charge in [0.15, 0.2) is 0 Å². The van der Waals surface area contributed by atoms with Crippen LogP contribution in [0.5, 0.6) is 5.75 Å². The summed E-state index contributed by atoms with van der Waals surface area (Å²) in [6.07, 6.45) is 0. The first kappa shape index (κ1) is 12.3. The Labute approximate surface area is 95.1 Å². The average Bonchev–Trinajstić information content (AvgIpc) is 2.25. The molecule has 84 valence electrons. The summed E-state index contributed by atoms with van der Waals surface area (Å²) in [7, 11) is 1.61. The van der Waals surface area contributed by atoms with Gasteiger partial charge in [0.25, 0.3) is 0 Å². The molecule has 1 aromatic carbocycles. The molecule has 2 N–H and O–H groups in total. The quantitative estimate of drug-likeness (QED) is 0.843. The van der Waals surface area contributed by atoms with E-state index in [0.29, 0.717) is 18.2 Å². The van der Waals surface area contributed by atoms with Crippen LogP contribution in [0.3, 0.4) is 0 Å². The summed E-state index contributed by atoms with van der Waals surface area (Å²) < 4.78 is 10.5. The summed E-state index contributed by atoms with van der Waals surface area (Å²) in [5.74, 6) is 0.742. The lowest BCUT2D eigenvalue weighted by Gasteiger charge is -2.15. The van der Waals surface area contributed by atoms with E-state index >= 15 is 0 Å². The smallest absolute Gasteiger partial charge is 0.123 e. The fourth-order valence-electron chi connectivity index (χ4n) is 1.33. The highest BCUT2D eigenvalue weighted by Crippen LogP contribution is 2.27. The lowest BCUT2D eigenvalue weighted by Crippen LogP contribution is -2.18. The molecule has 1 unspecified atom stereocenters. The molecule has 1 rings (SSSR count). The first-order valence-corrected chi connectivity index (χ1v) is 5.23. The van der Waals surface area contributed by atoms with Gasteiger partial charge in [-0.25, -0.2) is 0 Å². The molecule has 0 aliphatic heterocycles. The van der Waals surface area contributed by atoms with E-state index in [2.05, 4.69) is 0 Å². The highest BCUT2D eigenvalue weighted by atomic mass is 35.5. The van der Waals surface area contributed by atoms with Crippen LogP contribution in [0, 0.1) is 0 Å². The Hall–Kier alpha value is -0.770. The van der Waals surface area contributed by atoms with Crippen LogP contribution in [0.15, 0.2) is 18.2 Å². The third-order valence-corrected chi connectivity index (χ3v) is 2.33. The number of halogens is 1. The summed E-state index contributed by atoms with van der Waals surface area (Å²) in [6, 6.07) is 5.18. The average molecular weight is 230 g/mol. The zero-order valence-corrected chi connectivity index (χ0v) is 9.75. The number of nitrogens with two attached hydrogens (primary N) is 1. The Bertz CT molecular complexity index is 317. The second-order valence-corrected chi connectivity index (χ2v) is 3.59. The Morgan fingerprint density at radius 2 is 2.20 bits per heavy atom. The van der Waals surface area contributed by atoms with Crippen LogP contribution in [0.4, 0.5) is 0 Å². The van der Waals surface area contributed by atoms with E-state index in [9.17, 15) is 0 Å². The van der Waals surface area contributed by atoms with E-state index in [1.807, 2.05) is 19.1 Å². The first-order chi connectivity index (χ1) is 7.19. The van der Waals surface area contributed by atoms with Gasteiger partial charge in [-0.15, -0.1) is 0 Å². The summed E-state index contributed by atoms with van der Waals surface area (Å²) in [5.41, 5.74) is 6.84. The van der Waals surface area contributed by atoms with Crippen molar-refractivity contribution in [1.82, 2.24) is 0 Å². The Morgan fingerprint density at radius 1 is 1.47 bits per heavy atom. The molecule has 1 aromatic rings. The zero-order chi connectivity index (χ0) is 11.3. The molecule has 15 heavy (non-hydrogen) atoms. The molecule has 3 nitrogen and oxygen atoms in total. The Morgan fingerprint density at radius 3 is 2.80 bits per heavy atom. The van der Waals surface area contributed by atoms with Crippen LogP contribution in [0.25, 0.3) is 0 Å². The molecule has 0 saturated heterocycles. The van der Waals surface area contributed by atoms with Gasteiger partial charge in [-0.1, -0.05) is 11.6 Å². The van der Waals surface area contributed by atoms with Crippen LogP contribution in [-0.2, 0) is 4.74 Å². The van der Waals surface area contributed by atoms with Crippen LogP contribution >= 0.6 is 11.6 Å². The van der Waals surface area contributed by atoms with Crippen molar-refractivity contribution < 1.29 is 9.47 Å². The van der Waals surface area contributed by atoms with Crippen molar-refractivity contribution in [2.45, 2.75) is 13.0 Å². The standard InChI is InChI=1S/C11H16ClNO2/c1-3-15-7-10(13)9-6-8(12)4-5-11(9)14-2/h4-6,10H,3,7,13H2,1-2H3. The fraction of sp³-hybridized carbons (Fsp3) is 0.455. The summed E-state index contributed by atoms with van der Waals surface area (Å²) in [5, 5.41) is 0.651. The third kappa shape index (κ3) is 3.38. The van der Waals surface area contributed by atoms with E-state index in [0.717, 1.165) is 11.3 Å². The Balaban J connectivity index is 2.85. The Kier molecular flexibility index (Phi) is 4.88. The maximum atomic E-state index is 5.96. The molecule has 0 aliphatic carbocycles. The van der Waals surface area contributed by atoms with E-state index in [1.54, 1.807) is 13.2 Å². The summed E-state index contributed by atoms with van der Waals surface area (Å²) >= 11 is 5.90. The first-order valence-electron chi connectivity index (χ1n) is 4.85. The predicted octanol–water partition coefficient (Wildman–Crippen LogP) is 2.38. The number of rotatable bonds is 5. The molecule has 1 atom stereocenters. The van der Waals surface area contributed by atoms with E-state index in [4.69, 9.17) is 26.8 Å². The van der Waals surface area contributed by atoms with Crippen molar-refractivity contribution in [2.75, 3.05) is 20.3 Å². The lowest BCUT2D eigenvalue weighted by molar-refractivity contribution is 0.132. The normalized spacial score (nSPS) is 12.5. The van der Waals surface area contributed by atoms with Gasteiger partial charge in [-0.05, 0) is 25.1 Å². The maximum Gasteiger partial charge on any atom is 0.123 e. The van der Waals surface area contributed by atoms with Gasteiger partial charge in [0, 0.05) is 17.2 Å². The predicted molar refractivity (Wildman–Crippen MR) is 61.4 cm³/mol. The van der Waals surface area contributed by atoms with Crippen LogP contribution in [0.2, 0.25) is 5.02 Å². The molecule has 0 aromatic heterocycles. The van der Waals surface area contributed by atoms with E-state index < -0.39 is 0 Å².